The van der Waals surface area contributed by atoms with Gasteiger partial charge in [0.15, 0.2) is 0 Å². The van der Waals surface area contributed by atoms with Crippen LogP contribution in [-0.2, 0) is 27.0 Å². The standard InChI is InChI=1S/C31H33F3N6O5S/c1-23(41)37-12-14-38(15-13-37)26-5-7-27(8-6-26)45-17-16-40(46(43,44)28-9-2-24(32)3-10-28)20-31(42,19-39-22-35-21-36-39)29-11-4-25(33)18-30(29)34/h2-11,18,21-22,42H,12-17,19-20H2,1H3. The second kappa shape index (κ2) is 13.9. The number of hydrogen-bond donors (Lipinski definition) is 1. The number of anilines is 1. The molecule has 3 aromatic carbocycles. The van der Waals surface area contributed by atoms with Crippen LogP contribution >= 0.6 is 0 Å². The van der Waals surface area contributed by atoms with Crippen LogP contribution in [0, 0.1) is 17.5 Å². The van der Waals surface area contributed by atoms with E-state index in [2.05, 4.69) is 15.0 Å². The highest BCUT2D eigenvalue weighted by Crippen LogP contribution is 2.30. The van der Waals surface area contributed by atoms with Crippen LogP contribution in [-0.4, -0.2) is 89.3 Å². The largest absolute Gasteiger partial charge is 0.492 e. The number of sulfonamides is 1. The van der Waals surface area contributed by atoms with Gasteiger partial charge in [0.1, 0.15) is 48.1 Å². The van der Waals surface area contributed by atoms with Gasteiger partial charge in [-0.2, -0.15) is 9.40 Å². The Kier molecular flexibility index (Phi) is 9.94. The van der Waals surface area contributed by atoms with Crippen LogP contribution in [0.2, 0.25) is 0 Å². The molecule has 1 aromatic heterocycles. The maximum atomic E-state index is 15.1. The van der Waals surface area contributed by atoms with Gasteiger partial charge >= 0.3 is 0 Å². The first-order valence-electron chi connectivity index (χ1n) is 14.4. The van der Waals surface area contributed by atoms with Gasteiger partial charge in [0.2, 0.25) is 15.9 Å². The Bertz CT molecular complexity index is 1740. The summed E-state index contributed by atoms with van der Waals surface area (Å²) in [5, 5.41) is 15.8. The number of carbonyl (C=O) groups is 1. The number of nitrogens with zero attached hydrogens (tertiary/aromatic N) is 6. The number of halogens is 3. The predicted molar refractivity (Wildman–Crippen MR) is 162 cm³/mol. The number of amides is 1. The van der Waals surface area contributed by atoms with Crippen molar-refractivity contribution in [2.24, 2.45) is 0 Å². The minimum atomic E-state index is -4.40. The van der Waals surface area contributed by atoms with Crippen molar-refractivity contribution < 1.29 is 36.2 Å². The number of carbonyl (C=O) groups excluding carboxylic acids is 1. The lowest BCUT2D eigenvalue weighted by Gasteiger charge is -2.35. The highest BCUT2D eigenvalue weighted by atomic mass is 32.2. The molecule has 1 aliphatic rings. The molecule has 4 aromatic rings. The predicted octanol–water partition coefficient (Wildman–Crippen LogP) is 3.02. The van der Waals surface area contributed by atoms with Crippen molar-refractivity contribution >= 4 is 21.6 Å². The number of rotatable bonds is 12. The molecule has 1 atom stereocenters. The normalized spacial score (nSPS) is 15.2. The van der Waals surface area contributed by atoms with E-state index in [1.54, 1.807) is 24.0 Å². The Morgan fingerprint density at radius 2 is 1.65 bits per heavy atom. The highest BCUT2D eigenvalue weighted by molar-refractivity contribution is 7.89. The number of benzene rings is 3. The third-order valence-corrected chi connectivity index (χ3v) is 9.61. The molecular weight excluding hydrogens is 625 g/mol. The zero-order valence-corrected chi connectivity index (χ0v) is 25.8. The van der Waals surface area contributed by atoms with Crippen LogP contribution in [0.4, 0.5) is 18.9 Å². The molecule has 0 saturated carbocycles. The van der Waals surface area contributed by atoms with E-state index in [1.165, 1.54) is 17.3 Å². The summed E-state index contributed by atoms with van der Waals surface area (Å²) in [6.45, 7) is 2.58. The molecule has 0 bridgehead atoms. The molecule has 1 unspecified atom stereocenters. The van der Waals surface area contributed by atoms with Crippen LogP contribution in [0.15, 0.2) is 84.3 Å². The van der Waals surface area contributed by atoms with Crippen LogP contribution in [0.25, 0.3) is 0 Å². The van der Waals surface area contributed by atoms with E-state index in [9.17, 15) is 27.1 Å². The number of ether oxygens (including phenoxy) is 1. The van der Waals surface area contributed by atoms with Crippen LogP contribution in [0.5, 0.6) is 5.75 Å². The highest BCUT2D eigenvalue weighted by Gasteiger charge is 2.39. The monoisotopic (exact) mass is 658 g/mol. The van der Waals surface area contributed by atoms with Gasteiger partial charge in [-0.15, -0.1) is 0 Å². The number of aromatic nitrogens is 3. The van der Waals surface area contributed by atoms with Crippen molar-refractivity contribution in [3.05, 3.63) is 102 Å². The van der Waals surface area contributed by atoms with Crippen LogP contribution < -0.4 is 9.64 Å². The van der Waals surface area contributed by atoms with Gasteiger partial charge in [0, 0.05) is 63.5 Å². The molecule has 46 heavy (non-hydrogen) atoms. The quantitative estimate of drug-likeness (QED) is 0.247. The van der Waals surface area contributed by atoms with Crippen LogP contribution in [0.1, 0.15) is 12.5 Å². The fourth-order valence-corrected chi connectivity index (χ4v) is 6.78. The van der Waals surface area contributed by atoms with Crippen molar-refractivity contribution in [1.82, 2.24) is 24.0 Å². The Hall–Kier alpha value is -4.47. The lowest BCUT2D eigenvalue weighted by molar-refractivity contribution is -0.129. The summed E-state index contributed by atoms with van der Waals surface area (Å²) in [4.78, 5) is 19.1. The van der Waals surface area contributed by atoms with Gasteiger partial charge in [-0.05, 0) is 54.6 Å². The molecule has 11 nitrogen and oxygen atoms in total. The molecule has 1 saturated heterocycles. The molecule has 2 heterocycles. The lowest BCUT2D eigenvalue weighted by atomic mass is 9.92. The third-order valence-electron chi connectivity index (χ3n) is 7.75. The molecule has 0 spiro atoms. The zero-order valence-electron chi connectivity index (χ0n) is 25.0. The van der Waals surface area contributed by atoms with Crippen molar-refractivity contribution in [3.63, 3.8) is 0 Å². The smallest absolute Gasteiger partial charge is 0.243 e. The summed E-state index contributed by atoms with van der Waals surface area (Å²) in [7, 11) is -4.40. The van der Waals surface area contributed by atoms with Crippen molar-refractivity contribution in [1.29, 1.82) is 0 Å². The first kappa shape index (κ1) is 32.9. The third kappa shape index (κ3) is 7.66. The van der Waals surface area contributed by atoms with E-state index in [1.807, 2.05) is 12.1 Å². The first-order valence-corrected chi connectivity index (χ1v) is 15.9. The maximum Gasteiger partial charge on any atom is 0.243 e. The molecule has 1 aliphatic heterocycles. The molecule has 15 heteroatoms. The number of hydrogen-bond acceptors (Lipinski definition) is 8. The zero-order chi connectivity index (χ0) is 32.9. The minimum Gasteiger partial charge on any atom is -0.492 e. The van der Waals surface area contributed by atoms with Crippen molar-refractivity contribution in [3.8, 4) is 5.75 Å². The molecule has 1 fully saturated rings. The molecule has 5 rings (SSSR count). The molecular formula is C31H33F3N6O5S. The maximum absolute atomic E-state index is 15.1. The van der Waals surface area contributed by atoms with Gasteiger partial charge in [0.05, 0.1) is 11.4 Å². The Labute approximate surface area is 264 Å². The topological polar surface area (TPSA) is 121 Å². The Balaban J connectivity index is 1.37. The van der Waals surface area contributed by atoms with Gasteiger partial charge < -0.3 is 19.6 Å². The molecule has 1 amide bonds. The summed E-state index contributed by atoms with van der Waals surface area (Å²) in [5.41, 5.74) is -1.66. The minimum absolute atomic E-state index is 0.0403. The fourth-order valence-electron chi connectivity index (χ4n) is 5.30. The molecule has 244 valence electrons. The SMILES string of the molecule is CC(=O)N1CCN(c2ccc(OCCN(CC(O)(Cn3cncn3)c3ccc(F)cc3F)S(=O)(=O)c3ccc(F)cc3)cc2)CC1. The van der Waals surface area contributed by atoms with E-state index < -0.39 is 46.2 Å². The van der Waals surface area contributed by atoms with Gasteiger partial charge in [-0.1, -0.05) is 6.07 Å². The summed E-state index contributed by atoms with van der Waals surface area (Å²) in [5.74, 6) is -2.11. The second-order valence-electron chi connectivity index (χ2n) is 10.9. The van der Waals surface area contributed by atoms with Gasteiger partial charge in [-0.25, -0.2) is 31.3 Å². The van der Waals surface area contributed by atoms with E-state index >= 15 is 4.39 Å². The average molecular weight is 659 g/mol. The van der Waals surface area contributed by atoms with Gasteiger partial charge in [0.25, 0.3) is 0 Å². The molecule has 1 N–H and O–H groups in total. The van der Waals surface area contributed by atoms with Crippen LogP contribution in [0.3, 0.4) is 0 Å². The number of piperazine rings is 1. The van der Waals surface area contributed by atoms with Crippen molar-refractivity contribution in [2.75, 3.05) is 50.8 Å². The van der Waals surface area contributed by atoms with Crippen molar-refractivity contribution in [2.45, 2.75) is 24.0 Å². The average Bonchev–Trinajstić information content (AvgIpc) is 3.54. The van der Waals surface area contributed by atoms with E-state index in [4.69, 9.17) is 4.74 Å². The summed E-state index contributed by atoms with van der Waals surface area (Å²) < 4.78 is 78.2. The van der Waals surface area contributed by atoms with E-state index in [-0.39, 0.29) is 29.5 Å². The number of aliphatic hydroxyl groups is 1. The Morgan fingerprint density at radius 1 is 0.978 bits per heavy atom. The van der Waals surface area contributed by atoms with E-state index in [0.29, 0.717) is 38.0 Å². The first-order chi connectivity index (χ1) is 21.9. The fraction of sp³-hybridized carbons (Fsp3) is 0.323. The summed E-state index contributed by atoms with van der Waals surface area (Å²) in [6, 6.07) is 13.9. The van der Waals surface area contributed by atoms with E-state index in [0.717, 1.165) is 46.4 Å². The van der Waals surface area contributed by atoms with Gasteiger partial charge in [-0.3, -0.25) is 4.79 Å². The molecule has 0 radical (unpaired) electrons. The summed E-state index contributed by atoms with van der Waals surface area (Å²) in [6.07, 6.45) is 2.46. The lowest BCUT2D eigenvalue weighted by Crippen LogP contribution is -2.48. The molecule has 0 aliphatic carbocycles. The second-order valence-corrected chi connectivity index (χ2v) is 12.8. The summed E-state index contributed by atoms with van der Waals surface area (Å²) >= 11 is 0. The Morgan fingerprint density at radius 3 is 2.26 bits per heavy atom.